The second kappa shape index (κ2) is 6.19. The Labute approximate surface area is 117 Å². The van der Waals surface area contributed by atoms with Gasteiger partial charge < -0.3 is 9.47 Å². The van der Waals surface area contributed by atoms with Crippen molar-refractivity contribution < 1.29 is 18.7 Å². The van der Waals surface area contributed by atoms with Crippen molar-refractivity contribution in [3.8, 4) is 11.5 Å². The maximum Gasteiger partial charge on any atom is 0.312 e. The fourth-order valence-electron chi connectivity index (χ4n) is 1.85. The van der Waals surface area contributed by atoms with Gasteiger partial charge >= 0.3 is 5.97 Å². The first-order valence-corrected chi connectivity index (χ1v) is 6.22. The predicted molar refractivity (Wildman–Crippen MR) is 73.3 cm³/mol. The third-order valence-electron chi connectivity index (χ3n) is 2.97. The maximum atomic E-state index is 13.8. The van der Waals surface area contributed by atoms with E-state index in [0.29, 0.717) is 11.5 Å². The minimum atomic E-state index is -0.681. The molecule has 0 heterocycles. The van der Waals surface area contributed by atoms with Crippen molar-refractivity contribution in [2.45, 2.75) is 12.8 Å². The van der Waals surface area contributed by atoms with Crippen molar-refractivity contribution in [2.75, 3.05) is 7.11 Å². The van der Waals surface area contributed by atoms with E-state index >= 15 is 0 Å². The van der Waals surface area contributed by atoms with Gasteiger partial charge in [-0.15, -0.1) is 0 Å². The molecule has 104 valence electrons. The van der Waals surface area contributed by atoms with Gasteiger partial charge in [0.2, 0.25) is 0 Å². The Kier molecular flexibility index (Phi) is 4.35. The van der Waals surface area contributed by atoms with Gasteiger partial charge in [-0.3, -0.25) is 4.79 Å². The zero-order valence-corrected chi connectivity index (χ0v) is 11.3. The Bertz CT molecular complexity index is 596. The number of rotatable bonds is 4. The van der Waals surface area contributed by atoms with Gasteiger partial charge in [0.05, 0.1) is 13.0 Å². The molecule has 0 N–H and O–H groups in total. The van der Waals surface area contributed by atoms with Crippen molar-refractivity contribution in [3.63, 3.8) is 0 Å². The van der Waals surface area contributed by atoms with Crippen molar-refractivity contribution >= 4 is 5.97 Å². The van der Waals surface area contributed by atoms with Gasteiger partial charge in [0.25, 0.3) is 0 Å². The number of para-hydroxylation sites is 1. The molecule has 0 fully saturated rings. The average Bonchev–Trinajstić information content (AvgIpc) is 2.48. The molecule has 2 rings (SSSR count). The molecule has 0 aromatic heterocycles. The van der Waals surface area contributed by atoms with Gasteiger partial charge in [0, 0.05) is 5.56 Å². The predicted octanol–water partition coefficient (Wildman–Crippen LogP) is 3.89. The number of hydrogen-bond donors (Lipinski definition) is 0. The zero-order chi connectivity index (χ0) is 14.5. The lowest BCUT2D eigenvalue weighted by atomic mass is 10.0. The minimum absolute atomic E-state index is 0.255. The van der Waals surface area contributed by atoms with E-state index in [9.17, 15) is 9.18 Å². The molecule has 0 saturated heterocycles. The first kappa shape index (κ1) is 14.1. The topological polar surface area (TPSA) is 35.5 Å². The third kappa shape index (κ3) is 3.15. The van der Waals surface area contributed by atoms with Crippen LogP contribution in [0.1, 0.15) is 18.4 Å². The molecule has 0 aliphatic rings. The van der Waals surface area contributed by atoms with Crippen molar-refractivity contribution in [2.24, 2.45) is 0 Å². The van der Waals surface area contributed by atoms with Crippen LogP contribution in [0.25, 0.3) is 0 Å². The zero-order valence-electron chi connectivity index (χ0n) is 11.3. The summed E-state index contributed by atoms with van der Waals surface area (Å²) < 4.78 is 24.0. The standard InChI is InChI=1S/C16H15FO3/c1-11(16(18)19-2)14-10-13(8-9-15(14)17)20-12-6-4-3-5-7-12/h3-11H,1-2H3/t11-/m0/s1. The van der Waals surface area contributed by atoms with Crippen LogP contribution in [0.4, 0.5) is 4.39 Å². The van der Waals surface area contributed by atoms with Gasteiger partial charge in [-0.25, -0.2) is 4.39 Å². The monoisotopic (exact) mass is 274 g/mol. The van der Waals surface area contributed by atoms with Crippen LogP contribution < -0.4 is 4.74 Å². The lowest BCUT2D eigenvalue weighted by Gasteiger charge is -2.13. The number of ether oxygens (including phenoxy) is 2. The Hall–Kier alpha value is -2.36. The molecule has 20 heavy (non-hydrogen) atoms. The molecule has 0 aliphatic carbocycles. The average molecular weight is 274 g/mol. The highest BCUT2D eigenvalue weighted by Gasteiger charge is 2.20. The Morgan fingerprint density at radius 3 is 2.45 bits per heavy atom. The van der Waals surface area contributed by atoms with E-state index in [1.807, 2.05) is 18.2 Å². The molecule has 0 aliphatic heterocycles. The molecular weight excluding hydrogens is 259 g/mol. The van der Waals surface area contributed by atoms with Gasteiger partial charge in [0.1, 0.15) is 17.3 Å². The molecule has 2 aromatic rings. The number of benzene rings is 2. The first-order valence-electron chi connectivity index (χ1n) is 6.22. The molecular formula is C16H15FO3. The summed E-state index contributed by atoms with van der Waals surface area (Å²) in [7, 11) is 1.28. The molecule has 1 atom stereocenters. The number of carbonyl (C=O) groups excluding carboxylic acids is 1. The molecule has 4 heteroatoms. The summed E-state index contributed by atoms with van der Waals surface area (Å²) in [5.41, 5.74) is 0.255. The summed E-state index contributed by atoms with van der Waals surface area (Å²) in [6.45, 7) is 1.59. The van der Waals surface area contributed by atoms with E-state index in [2.05, 4.69) is 4.74 Å². The van der Waals surface area contributed by atoms with E-state index in [4.69, 9.17) is 4.74 Å². The van der Waals surface area contributed by atoms with E-state index in [-0.39, 0.29) is 5.56 Å². The summed E-state index contributed by atoms with van der Waals surface area (Å²) in [4.78, 5) is 11.5. The van der Waals surface area contributed by atoms with E-state index < -0.39 is 17.7 Å². The van der Waals surface area contributed by atoms with Crippen LogP contribution >= 0.6 is 0 Å². The van der Waals surface area contributed by atoms with Gasteiger partial charge in [-0.1, -0.05) is 18.2 Å². The molecule has 0 unspecified atom stereocenters. The Morgan fingerprint density at radius 2 is 1.80 bits per heavy atom. The van der Waals surface area contributed by atoms with Crippen LogP contribution in [0.5, 0.6) is 11.5 Å². The second-order valence-corrected chi connectivity index (χ2v) is 4.34. The lowest BCUT2D eigenvalue weighted by molar-refractivity contribution is -0.142. The SMILES string of the molecule is COC(=O)[C@@H](C)c1cc(Oc2ccccc2)ccc1F. The fourth-order valence-corrected chi connectivity index (χ4v) is 1.85. The molecule has 3 nitrogen and oxygen atoms in total. The number of esters is 1. The van der Waals surface area contributed by atoms with Crippen molar-refractivity contribution in [1.29, 1.82) is 0 Å². The number of carbonyl (C=O) groups is 1. The smallest absolute Gasteiger partial charge is 0.312 e. The quantitative estimate of drug-likeness (QED) is 0.793. The van der Waals surface area contributed by atoms with Gasteiger partial charge in [-0.2, -0.15) is 0 Å². The molecule has 0 radical (unpaired) electrons. The highest BCUT2D eigenvalue weighted by Crippen LogP contribution is 2.28. The Morgan fingerprint density at radius 1 is 1.10 bits per heavy atom. The van der Waals surface area contributed by atoms with Crippen molar-refractivity contribution in [3.05, 3.63) is 59.9 Å². The number of hydrogen-bond acceptors (Lipinski definition) is 3. The highest BCUT2D eigenvalue weighted by molar-refractivity contribution is 5.77. The number of methoxy groups -OCH3 is 1. The summed E-state index contributed by atoms with van der Waals surface area (Å²) >= 11 is 0. The molecule has 0 bridgehead atoms. The van der Waals surface area contributed by atoms with Crippen LogP contribution in [-0.2, 0) is 9.53 Å². The summed E-state index contributed by atoms with van der Waals surface area (Å²) in [6.07, 6.45) is 0. The molecule has 2 aromatic carbocycles. The minimum Gasteiger partial charge on any atom is -0.469 e. The normalized spacial score (nSPS) is 11.8. The molecule has 0 amide bonds. The van der Waals surface area contributed by atoms with Gasteiger partial charge in [-0.05, 0) is 37.3 Å². The van der Waals surface area contributed by atoms with Crippen molar-refractivity contribution in [1.82, 2.24) is 0 Å². The summed E-state index contributed by atoms with van der Waals surface area (Å²) in [6, 6.07) is 13.5. The first-order chi connectivity index (χ1) is 9.61. The summed E-state index contributed by atoms with van der Waals surface area (Å²) in [5.74, 6) is -0.498. The van der Waals surface area contributed by atoms with E-state index in [1.165, 1.54) is 25.3 Å². The molecule has 0 saturated carbocycles. The summed E-state index contributed by atoms with van der Waals surface area (Å²) in [5, 5.41) is 0. The van der Waals surface area contributed by atoms with Crippen LogP contribution in [-0.4, -0.2) is 13.1 Å². The van der Waals surface area contributed by atoms with Gasteiger partial charge in [0.15, 0.2) is 0 Å². The molecule has 0 spiro atoms. The maximum absolute atomic E-state index is 13.8. The van der Waals surface area contributed by atoms with Crippen LogP contribution in [0, 0.1) is 5.82 Å². The number of halogens is 1. The second-order valence-electron chi connectivity index (χ2n) is 4.34. The van der Waals surface area contributed by atoms with Crippen LogP contribution in [0.2, 0.25) is 0 Å². The lowest BCUT2D eigenvalue weighted by Crippen LogP contribution is -2.12. The van der Waals surface area contributed by atoms with Crippen LogP contribution in [0.3, 0.4) is 0 Å². The largest absolute Gasteiger partial charge is 0.469 e. The Balaban J connectivity index is 2.27. The van der Waals surface area contributed by atoms with E-state index in [1.54, 1.807) is 19.1 Å². The fraction of sp³-hybridized carbons (Fsp3) is 0.188. The van der Waals surface area contributed by atoms with E-state index in [0.717, 1.165) is 0 Å². The van der Waals surface area contributed by atoms with Crippen LogP contribution in [0.15, 0.2) is 48.5 Å². The highest BCUT2D eigenvalue weighted by atomic mass is 19.1. The third-order valence-corrected chi connectivity index (χ3v) is 2.97.